The minimum atomic E-state index is -0.522. The van der Waals surface area contributed by atoms with Crippen LogP contribution in [0.15, 0.2) is 28.3 Å². The number of carbonyl (C=O) groups is 2. The van der Waals surface area contributed by atoms with Gasteiger partial charge in [-0.15, -0.1) is 11.3 Å². The summed E-state index contributed by atoms with van der Waals surface area (Å²) in [4.78, 5) is 26.2. The van der Waals surface area contributed by atoms with Crippen LogP contribution in [0.4, 0.5) is 5.00 Å². The average molecular weight is 349 g/mol. The fourth-order valence-electron chi connectivity index (χ4n) is 3.04. The Morgan fingerprint density at radius 2 is 2.22 bits per heavy atom. The van der Waals surface area contributed by atoms with E-state index in [1.807, 2.05) is 6.92 Å². The number of nitrogens with two attached hydrogens (primary N) is 1. The molecule has 23 heavy (non-hydrogen) atoms. The molecule has 1 saturated heterocycles. The molecule has 0 aromatic carbocycles. The zero-order valence-electron chi connectivity index (χ0n) is 12.8. The highest BCUT2D eigenvalue weighted by molar-refractivity contribution is 7.14. The van der Waals surface area contributed by atoms with Crippen molar-refractivity contribution in [3.05, 3.63) is 39.4 Å². The first-order valence-corrected chi connectivity index (χ1v) is 9.36. The van der Waals surface area contributed by atoms with E-state index >= 15 is 0 Å². The smallest absolute Gasteiger partial charge is 0.251 e. The second kappa shape index (κ2) is 6.82. The number of anilines is 1. The van der Waals surface area contributed by atoms with Crippen LogP contribution in [0.3, 0.4) is 0 Å². The summed E-state index contributed by atoms with van der Waals surface area (Å²) in [6.45, 7) is 2.82. The maximum atomic E-state index is 12.6. The van der Waals surface area contributed by atoms with Crippen LogP contribution in [-0.4, -0.2) is 29.3 Å². The number of amides is 2. The third-order valence-electron chi connectivity index (χ3n) is 4.27. The maximum Gasteiger partial charge on any atom is 0.251 e. The summed E-state index contributed by atoms with van der Waals surface area (Å²) < 4.78 is 0. The Kier molecular flexibility index (Phi) is 4.79. The van der Waals surface area contributed by atoms with E-state index in [4.69, 9.17) is 5.73 Å². The van der Waals surface area contributed by atoms with Gasteiger partial charge in [0.25, 0.3) is 5.91 Å². The molecule has 1 fully saturated rings. The molecule has 2 atom stereocenters. The third-order valence-corrected chi connectivity index (χ3v) is 5.80. The predicted molar refractivity (Wildman–Crippen MR) is 93.9 cm³/mol. The first-order chi connectivity index (χ1) is 11.1. The van der Waals surface area contributed by atoms with Crippen molar-refractivity contribution in [3.63, 3.8) is 0 Å². The van der Waals surface area contributed by atoms with Crippen LogP contribution in [0.1, 0.15) is 41.7 Å². The van der Waals surface area contributed by atoms with Gasteiger partial charge in [-0.3, -0.25) is 14.5 Å². The topological polar surface area (TPSA) is 75.4 Å². The van der Waals surface area contributed by atoms with Crippen LogP contribution in [-0.2, 0) is 4.79 Å². The molecule has 122 valence electrons. The van der Waals surface area contributed by atoms with Gasteiger partial charge in [-0.25, -0.2) is 0 Å². The number of nitrogens with one attached hydrogen (secondary N) is 1. The van der Waals surface area contributed by atoms with Crippen molar-refractivity contribution in [2.45, 2.75) is 31.8 Å². The summed E-state index contributed by atoms with van der Waals surface area (Å²) in [7, 11) is 0. The number of nitrogens with zero attached hydrogens (tertiary/aromatic N) is 1. The van der Waals surface area contributed by atoms with Gasteiger partial charge in [-0.1, -0.05) is 0 Å². The Labute approximate surface area is 143 Å². The molecular weight excluding hydrogens is 330 g/mol. The third kappa shape index (κ3) is 3.31. The van der Waals surface area contributed by atoms with Crippen molar-refractivity contribution in [3.8, 4) is 0 Å². The van der Waals surface area contributed by atoms with Crippen molar-refractivity contribution in [2.24, 2.45) is 5.73 Å². The SMILES string of the molecule is C[C@@H](C(=O)Nc1sccc1C(N)=O)N1CCC[C@@H]1c1ccsc1. The number of primary amides is 1. The van der Waals surface area contributed by atoms with Crippen molar-refractivity contribution in [1.82, 2.24) is 4.90 Å². The highest BCUT2D eigenvalue weighted by Gasteiger charge is 2.33. The number of hydrogen-bond acceptors (Lipinski definition) is 5. The highest BCUT2D eigenvalue weighted by atomic mass is 32.1. The Hall–Kier alpha value is -1.70. The molecule has 2 aromatic heterocycles. The lowest BCUT2D eigenvalue weighted by Gasteiger charge is -2.29. The summed E-state index contributed by atoms with van der Waals surface area (Å²) in [6.07, 6.45) is 2.16. The van der Waals surface area contributed by atoms with E-state index in [0.717, 1.165) is 19.4 Å². The maximum absolute atomic E-state index is 12.6. The molecule has 1 aliphatic heterocycles. The molecule has 3 heterocycles. The van der Waals surface area contributed by atoms with Gasteiger partial charge in [0, 0.05) is 6.04 Å². The molecule has 0 radical (unpaired) electrons. The van der Waals surface area contributed by atoms with Gasteiger partial charge in [-0.05, 0) is 60.1 Å². The number of thiophene rings is 2. The number of carbonyl (C=O) groups excluding carboxylic acids is 2. The lowest BCUT2D eigenvalue weighted by Crippen LogP contribution is -2.41. The average Bonchev–Trinajstić information content (AvgIpc) is 3.26. The van der Waals surface area contributed by atoms with Crippen LogP contribution >= 0.6 is 22.7 Å². The molecular formula is C16H19N3O2S2. The Morgan fingerprint density at radius 1 is 1.39 bits per heavy atom. The van der Waals surface area contributed by atoms with Gasteiger partial charge in [0.05, 0.1) is 11.6 Å². The Balaban J connectivity index is 1.72. The van der Waals surface area contributed by atoms with Crippen LogP contribution in [0.25, 0.3) is 0 Å². The monoisotopic (exact) mass is 349 g/mol. The summed E-state index contributed by atoms with van der Waals surface area (Å²) in [5.41, 5.74) is 6.97. The van der Waals surface area contributed by atoms with E-state index in [1.165, 1.54) is 16.9 Å². The van der Waals surface area contributed by atoms with E-state index < -0.39 is 5.91 Å². The molecule has 0 aliphatic carbocycles. The summed E-state index contributed by atoms with van der Waals surface area (Å²) in [5.74, 6) is -0.622. The molecule has 2 aromatic rings. The van der Waals surface area contributed by atoms with Crippen LogP contribution in [0.5, 0.6) is 0 Å². The van der Waals surface area contributed by atoms with Crippen molar-refractivity contribution < 1.29 is 9.59 Å². The van der Waals surface area contributed by atoms with Gasteiger partial charge in [0.1, 0.15) is 5.00 Å². The molecule has 3 N–H and O–H groups in total. The van der Waals surface area contributed by atoms with Crippen molar-refractivity contribution in [2.75, 3.05) is 11.9 Å². The number of likely N-dealkylation sites (tertiary alicyclic amines) is 1. The summed E-state index contributed by atoms with van der Waals surface area (Å²) >= 11 is 3.00. The molecule has 0 unspecified atom stereocenters. The first kappa shape index (κ1) is 16.2. The molecule has 7 heteroatoms. The minimum Gasteiger partial charge on any atom is -0.366 e. The second-order valence-electron chi connectivity index (χ2n) is 5.65. The molecule has 0 bridgehead atoms. The summed E-state index contributed by atoms with van der Waals surface area (Å²) in [5, 5.41) is 9.36. The fourth-order valence-corrected chi connectivity index (χ4v) is 4.54. The Morgan fingerprint density at radius 3 is 2.91 bits per heavy atom. The molecule has 5 nitrogen and oxygen atoms in total. The van der Waals surface area contributed by atoms with E-state index in [0.29, 0.717) is 16.6 Å². The molecule has 3 rings (SSSR count). The fraction of sp³-hybridized carbons (Fsp3) is 0.375. The van der Waals surface area contributed by atoms with Crippen molar-refractivity contribution >= 4 is 39.5 Å². The molecule has 1 aliphatic rings. The minimum absolute atomic E-state index is 0.0999. The van der Waals surface area contributed by atoms with Gasteiger partial charge >= 0.3 is 0 Å². The lowest BCUT2D eigenvalue weighted by molar-refractivity contribution is -0.121. The van der Waals surface area contributed by atoms with Gasteiger partial charge < -0.3 is 11.1 Å². The molecule has 2 amide bonds. The Bertz CT molecular complexity index is 696. The van der Waals surface area contributed by atoms with Crippen LogP contribution < -0.4 is 11.1 Å². The largest absolute Gasteiger partial charge is 0.366 e. The van der Waals surface area contributed by atoms with E-state index in [2.05, 4.69) is 27.0 Å². The van der Waals surface area contributed by atoms with Gasteiger partial charge in [-0.2, -0.15) is 11.3 Å². The van der Waals surface area contributed by atoms with Gasteiger partial charge in [0.15, 0.2) is 0 Å². The molecule has 0 spiro atoms. The predicted octanol–water partition coefficient (Wildman–Crippen LogP) is 3.07. The standard InChI is InChI=1S/C16H19N3O2S2/c1-10(15(21)18-16-12(14(17)20)5-8-23-16)19-6-2-3-13(19)11-4-7-22-9-11/h4-5,7-10,13H,2-3,6H2,1H3,(H2,17,20)(H,18,21)/t10-,13+/m0/s1. The van der Waals surface area contributed by atoms with E-state index in [1.54, 1.807) is 22.8 Å². The lowest BCUT2D eigenvalue weighted by atomic mass is 10.1. The van der Waals surface area contributed by atoms with Gasteiger partial charge in [0.2, 0.25) is 5.91 Å². The number of rotatable bonds is 5. The summed E-state index contributed by atoms with van der Waals surface area (Å²) in [6, 6.07) is 3.80. The van der Waals surface area contributed by atoms with E-state index in [-0.39, 0.29) is 11.9 Å². The first-order valence-electron chi connectivity index (χ1n) is 7.54. The highest BCUT2D eigenvalue weighted by Crippen LogP contribution is 2.35. The normalized spacial score (nSPS) is 19.6. The van der Waals surface area contributed by atoms with Crippen LogP contribution in [0.2, 0.25) is 0 Å². The van der Waals surface area contributed by atoms with Crippen molar-refractivity contribution in [1.29, 1.82) is 0 Å². The van der Waals surface area contributed by atoms with E-state index in [9.17, 15) is 9.59 Å². The zero-order valence-corrected chi connectivity index (χ0v) is 14.5. The second-order valence-corrected chi connectivity index (χ2v) is 7.34. The zero-order chi connectivity index (χ0) is 16.4. The molecule has 0 saturated carbocycles. The number of hydrogen-bond donors (Lipinski definition) is 2. The quantitative estimate of drug-likeness (QED) is 0.871. The van der Waals surface area contributed by atoms with Crippen LogP contribution in [0, 0.1) is 0 Å².